The van der Waals surface area contributed by atoms with Crippen molar-refractivity contribution in [1.82, 2.24) is 19.5 Å². The number of nitrogens with zero attached hydrogens (tertiary/aromatic N) is 5. The minimum absolute atomic E-state index is 0.620. The van der Waals surface area contributed by atoms with Crippen molar-refractivity contribution in [2.45, 2.75) is 38.6 Å². The van der Waals surface area contributed by atoms with Crippen molar-refractivity contribution in [3.05, 3.63) is 12.7 Å². The summed E-state index contributed by atoms with van der Waals surface area (Å²) in [5.41, 5.74) is 1.98. The van der Waals surface area contributed by atoms with Crippen LogP contribution in [0.25, 0.3) is 11.2 Å². The van der Waals surface area contributed by atoms with Gasteiger partial charge in [-0.2, -0.15) is 0 Å². The second kappa shape index (κ2) is 4.18. The van der Waals surface area contributed by atoms with E-state index in [9.17, 15) is 0 Å². The fourth-order valence-corrected chi connectivity index (χ4v) is 2.91. The molecule has 0 bridgehead atoms. The molecule has 3 heterocycles. The average Bonchev–Trinajstić information content (AvgIpc) is 3.19. The zero-order valence-electron chi connectivity index (χ0n) is 11.3. The smallest absolute Gasteiger partial charge is 0.165 e. The maximum atomic E-state index is 4.57. The van der Waals surface area contributed by atoms with E-state index in [2.05, 4.69) is 31.3 Å². The monoisotopic (exact) mass is 257 g/mol. The molecule has 2 aliphatic rings. The van der Waals surface area contributed by atoms with Gasteiger partial charge in [0, 0.05) is 19.1 Å². The van der Waals surface area contributed by atoms with Crippen LogP contribution in [-0.2, 0) is 0 Å². The Morgan fingerprint density at radius 1 is 1.05 bits per heavy atom. The molecule has 0 N–H and O–H groups in total. The van der Waals surface area contributed by atoms with E-state index in [4.69, 9.17) is 0 Å². The molecule has 1 aliphatic carbocycles. The van der Waals surface area contributed by atoms with E-state index in [0.717, 1.165) is 36.0 Å². The van der Waals surface area contributed by atoms with Crippen molar-refractivity contribution in [2.24, 2.45) is 5.92 Å². The van der Waals surface area contributed by atoms with E-state index >= 15 is 0 Å². The highest BCUT2D eigenvalue weighted by atomic mass is 15.2. The van der Waals surface area contributed by atoms with E-state index < -0.39 is 0 Å². The Hall–Kier alpha value is -1.65. The van der Waals surface area contributed by atoms with E-state index in [1.54, 1.807) is 6.33 Å². The molecule has 2 fully saturated rings. The van der Waals surface area contributed by atoms with Gasteiger partial charge < -0.3 is 9.47 Å². The molecular formula is C14H19N5. The van der Waals surface area contributed by atoms with E-state index in [1.807, 2.05) is 6.33 Å². The third-order valence-corrected chi connectivity index (χ3v) is 4.36. The van der Waals surface area contributed by atoms with E-state index in [-0.39, 0.29) is 0 Å². The summed E-state index contributed by atoms with van der Waals surface area (Å²) in [6, 6.07) is 0.620. The maximum Gasteiger partial charge on any atom is 0.165 e. The molecule has 0 spiro atoms. The third-order valence-electron chi connectivity index (χ3n) is 4.36. The Balaban J connectivity index is 1.73. The predicted octanol–water partition coefficient (Wildman–Crippen LogP) is 2.40. The highest BCUT2D eigenvalue weighted by molar-refractivity contribution is 5.83. The lowest BCUT2D eigenvalue weighted by molar-refractivity contribution is 0.437. The molecule has 4 rings (SSSR count). The standard InChI is InChI=1S/C14H19N5/c1-10-4-6-18(7-5-10)13-12-14(16-8-15-13)19(9-17-12)11-2-3-11/h8-11H,2-7H2,1H3. The van der Waals surface area contributed by atoms with Crippen LogP contribution < -0.4 is 4.90 Å². The van der Waals surface area contributed by atoms with E-state index in [0.29, 0.717) is 6.04 Å². The van der Waals surface area contributed by atoms with Crippen molar-refractivity contribution < 1.29 is 0 Å². The Morgan fingerprint density at radius 3 is 2.58 bits per heavy atom. The molecule has 0 aromatic carbocycles. The van der Waals surface area contributed by atoms with Crippen LogP contribution in [0.2, 0.25) is 0 Å². The highest BCUT2D eigenvalue weighted by Gasteiger charge is 2.27. The first-order chi connectivity index (χ1) is 9.33. The summed E-state index contributed by atoms with van der Waals surface area (Å²) >= 11 is 0. The molecule has 2 aromatic rings. The van der Waals surface area contributed by atoms with Crippen molar-refractivity contribution in [3.8, 4) is 0 Å². The van der Waals surface area contributed by atoms with Crippen molar-refractivity contribution in [2.75, 3.05) is 18.0 Å². The maximum absolute atomic E-state index is 4.57. The molecule has 0 unspecified atom stereocenters. The lowest BCUT2D eigenvalue weighted by Gasteiger charge is -2.31. The first-order valence-corrected chi connectivity index (χ1v) is 7.25. The topological polar surface area (TPSA) is 46.8 Å². The van der Waals surface area contributed by atoms with Gasteiger partial charge in [0.05, 0.1) is 6.33 Å². The van der Waals surface area contributed by atoms with Crippen molar-refractivity contribution in [1.29, 1.82) is 0 Å². The van der Waals surface area contributed by atoms with Gasteiger partial charge in [0.2, 0.25) is 0 Å². The van der Waals surface area contributed by atoms with Crippen LogP contribution in [0.1, 0.15) is 38.6 Å². The van der Waals surface area contributed by atoms with E-state index in [1.165, 1.54) is 25.7 Å². The van der Waals surface area contributed by atoms with Crippen molar-refractivity contribution >= 4 is 17.0 Å². The van der Waals surface area contributed by atoms with Gasteiger partial charge in [0.15, 0.2) is 17.0 Å². The van der Waals surface area contributed by atoms with Gasteiger partial charge in [-0.15, -0.1) is 0 Å². The quantitative estimate of drug-likeness (QED) is 0.829. The molecule has 19 heavy (non-hydrogen) atoms. The number of anilines is 1. The van der Waals surface area contributed by atoms with Crippen LogP contribution in [0.4, 0.5) is 5.82 Å². The number of fused-ring (bicyclic) bond motifs is 1. The average molecular weight is 257 g/mol. The number of piperidine rings is 1. The molecule has 5 nitrogen and oxygen atoms in total. The largest absolute Gasteiger partial charge is 0.355 e. The SMILES string of the molecule is CC1CCN(c2ncnc3c2ncn3C2CC2)CC1. The number of hydrogen-bond acceptors (Lipinski definition) is 4. The Labute approximate surface area is 112 Å². The highest BCUT2D eigenvalue weighted by Crippen LogP contribution is 2.37. The summed E-state index contributed by atoms with van der Waals surface area (Å²) in [6.45, 7) is 4.50. The number of aromatic nitrogens is 4. The lowest BCUT2D eigenvalue weighted by Crippen LogP contribution is -2.33. The zero-order chi connectivity index (χ0) is 12.8. The molecule has 1 aliphatic heterocycles. The zero-order valence-corrected chi connectivity index (χ0v) is 11.3. The van der Waals surface area contributed by atoms with Gasteiger partial charge in [-0.1, -0.05) is 6.92 Å². The van der Waals surface area contributed by atoms with Crippen molar-refractivity contribution in [3.63, 3.8) is 0 Å². The second-order valence-corrected chi connectivity index (χ2v) is 5.92. The minimum atomic E-state index is 0.620. The van der Waals surface area contributed by atoms with Crippen LogP contribution in [0.15, 0.2) is 12.7 Å². The van der Waals surface area contributed by atoms with Gasteiger partial charge in [0.1, 0.15) is 6.33 Å². The molecule has 5 heteroatoms. The normalized spacial score (nSPS) is 21.2. The fraction of sp³-hybridized carbons (Fsp3) is 0.643. The molecule has 0 amide bonds. The number of rotatable bonds is 2. The molecule has 0 radical (unpaired) electrons. The van der Waals surface area contributed by atoms with Crippen LogP contribution in [0.3, 0.4) is 0 Å². The predicted molar refractivity (Wildman–Crippen MR) is 74.2 cm³/mol. The lowest BCUT2D eigenvalue weighted by atomic mass is 9.99. The van der Waals surface area contributed by atoms with Gasteiger partial charge in [-0.05, 0) is 31.6 Å². The van der Waals surface area contributed by atoms with Crippen LogP contribution >= 0.6 is 0 Å². The van der Waals surface area contributed by atoms with Gasteiger partial charge in [-0.25, -0.2) is 15.0 Å². The van der Waals surface area contributed by atoms with Gasteiger partial charge in [-0.3, -0.25) is 0 Å². The summed E-state index contributed by atoms with van der Waals surface area (Å²) in [5.74, 6) is 1.86. The molecular weight excluding hydrogens is 238 g/mol. The Morgan fingerprint density at radius 2 is 1.84 bits per heavy atom. The summed E-state index contributed by atoms with van der Waals surface area (Å²) < 4.78 is 2.22. The summed E-state index contributed by atoms with van der Waals surface area (Å²) in [6.07, 6.45) is 8.63. The van der Waals surface area contributed by atoms with Gasteiger partial charge in [0.25, 0.3) is 0 Å². The van der Waals surface area contributed by atoms with Gasteiger partial charge >= 0.3 is 0 Å². The van der Waals surface area contributed by atoms with Crippen LogP contribution in [0.5, 0.6) is 0 Å². The summed E-state index contributed by atoms with van der Waals surface area (Å²) in [5, 5.41) is 0. The number of imidazole rings is 1. The fourth-order valence-electron chi connectivity index (χ4n) is 2.91. The molecule has 0 atom stereocenters. The molecule has 2 aromatic heterocycles. The third kappa shape index (κ3) is 1.88. The molecule has 1 saturated carbocycles. The van der Waals surface area contributed by atoms with Crippen LogP contribution in [0, 0.1) is 5.92 Å². The first-order valence-electron chi connectivity index (χ1n) is 7.25. The summed E-state index contributed by atoms with van der Waals surface area (Å²) in [4.78, 5) is 15.9. The Bertz CT molecular complexity index is 593. The second-order valence-electron chi connectivity index (χ2n) is 5.92. The first kappa shape index (κ1) is 11.2. The van der Waals surface area contributed by atoms with Crippen LogP contribution in [-0.4, -0.2) is 32.6 Å². The Kier molecular flexibility index (Phi) is 2.47. The molecule has 1 saturated heterocycles. The summed E-state index contributed by atoms with van der Waals surface area (Å²) in [7, 11) is 0. The minimum Gasteiger partial charge on any atom is -0.355 e. The number of hydrogen-bond donors (Lipinski definition) is 0. The molecule has 100 valence electrons.